The van der Waals surface area contributed by atoms with Gasteiger partial charge in [-0.2, -0.15) is 16.1 Å². The fourth-order valence-electron chi connectivity index (χ4n) is 2.17. The molecular formula is C13H19ClN2O2S2. The molecule has 7 heteroatoms. The predicted molar refractivity (Wildman–Crippen MR) is 85.8 cm³/mol. The summed E-state index contributed by atoms with van der Waals surface area (Å²) >= 11 is 7.83. The van der Waals surface area contributed by atoms with Crippen LogP contribution in [0.15, 0.2) is 23.1 Å². The van der Waals surface area contributed by atoms with E-state index >= 15 is 0 Å². The third-order valence-corrected chi connectivity index (χ3v) is 7.21. The van der Waals surface area contributed by atoms with Crippen LogP contribution in [-0.2, 0) is 10.0 Å². The number of hydrogen-bond acceptors (Lipinski definition) is 4. The molecule has 1 aliphatic heterocycles. The van der Waals surface area contributed by atoms with Crippen LogP contribution < -0.4 is 5.73 Å². The van der Waals surface area contributed by atoms with Gasteiger partial charge in [-0.1, -0.05) is 31.5 Å². The third kappa shape index (κ3) is 3.24. The van der Waals surface area contributed by atoms with E-state index in [4.69, 9.17) is 17.3 Å². The Bertz CT molecular complexity index is 582. The molecule has 1 aliphatic rings. The highest BCUT2D eigenvalue weighted by atomic mass is 35.5. The molecule has 20 heavy (non-hydrogen) atoms. The van der Waals surface area contributed by atoms with Gasteiger partial charge in [0.15, 0.2) is 0 Å². The monoisotopic (exact) mass is 334 g/mol. The molecular weight excluding hydrogens is 316 g/mol. The summed E-state index contributed by atoms with van der Waals surface area (Å²) in [5.74, 6) is 0.774. The van der Waals surface area contributed by atoms with E-state index in [1.165, 1.54) is 4.31 Å². The molecule has 0 saturated carbocycles. The average Bonchev–Trinajstić information content (AvgIpc) is 2.50. The van der Waals surface area contributed by atoms with E-state index < -0.39 is 10.0 Å². The number of nitrogen functional groups attached to an aromatic ring is 1. The van der Waals surface area contributed by atoms with Gasteiger partial charge in [0.05, 0.1) is 10.7 Å². The van der Waals surface area contributed by atoms with E-state index in [-0.39, 0.29) is 20.4 Å². The second-order valence-electron chi connectivity index (χ2n) is 5.42. The van der Waals surface area contributed by atoms with Gasteiger partial charge in [0.25, 0.3) is 0 Å². The highest BCUT2D eigenvalue weighted by Crippen LogP contribution is 2.35. The van der Waals surface area contributed by atoms with Gasteiger partial charge in [0.1, 0.15) is 4.90 Å². The SMILES string of the molecule is CC1(C)CCN(S(=O)(=O)c2c(N)cccc2Cl)CCS1. The van der Waals surface area contributed by atoms with Crippen LogP contribution in [-0.4, -0.2) is 36.3 Å². The smallest absolute Gasteiger partial charge is 0.246 e. The van der Waals surface area contributed by atoms with Gasteiger partial charge in [-0.05, 0) is 18.6 Å². The van der Waals surface area contributed by atoms with Crippen LogP contribution in [0.25, 0.3) is 0 Å². The first-order valence-electron chi connectivity index (χ1n) is 6.42. The van der Waals surface area contributed by atoms with Crippen LogP contribution >= 0.6 is 23.4 Å². The second kappa shape index (κ2) is 5.75. The maximum absolute atomic E-state index is 12.7. The standard InChI is InChI=1S/C13H19ClN2O2S2/c1-13(2)6-7-16(8-9-19-13)20(17,18)12-10(14)4-3-5-11(12)15/h3-5H,6-9,15H2,1-2H3. The summed E-state index contributed by atoms with van der Waals surface area (Å²) < 4.78 is 27.1. The average molecular weight is 335 g/mol. The Morgan fingerprint density at radius 3 is 2.70 bits per heavy atom. The van der Waals surface area contributed by atoms with Gasteiger partial charge in [-0.25, -0.2) is 8.42 Å². The molecule has 0 aromatic heterocycles. The lowest BCUT2D eigenvalue weighted by Crippen LogP contribution is -2.34. The molecule has 1 fully saturated rings. The van der Waals surface area contributed by atoms with Crippen LogP contribution in [0.4, 0.5) is 5.69 Å². The maximum Gasteiger partial charge on any atom is 0.246 e. The van der Waals surface area contributed by atoms with Gasteiger partial charge in [0.2, 0.25) is 10.0 Å². The van der Waals surface area contributed by atoms with Crippen molar-refractivity contribution in [2.75, 3.05) is 24.6 Å². The van der Waals surface area contributed by atoms with E-state index in [1.807, 2.05) is 0 Å². The minimum atomic E-state index is -3.63. The number of sulfonamides is 1. The molecule has 0 atom stereocenters. The molecule has 0 spiro atoms. The Balaban J connectivity index is 2.36. The normalized spacial score (nSPS) is 20.6. The van der Waals surface area contributed by atoms with Crippen molar-refractivity contribution in [1.29, 1.82) is 0 Å². The summed E-state index contributed by atoms with van der Waals surface area (Å²) in [5, 5.41) is 0.182. The van der Waals surface area contributed by atoms with E-state index in [2.05, 4.69) is 13.8 Å². The predicted octanol–water partition coefficient (Wildman–Crippen LogP) is 2.83. The van der Waals surface area contributed by atoms with Crippen molar-refractivity contribution in [2.24, 2.45) is 0 Å². The molecule has 1 aromatic rings. The highest BCUT2D eigenvalue weighted by Gasteiger charge is 2.33. The zero-order valence-electron chi connectivity index (χ0n) is 11.6. The molecule has 1 aromatic carbocycles. The fourth-order valence-corrected chi connectivity index (χ4v) is 5.46. The molecule has 112 valence electrons. The second-order valence-corrected chi connectivity index (χ2v) is 9.50. The van der Waals surface area contributed by atoms with Crippen molar-refractivity contribution in [2.45, 2.75) is 29.9 Å². The first-order chi connectivity index (χ1) is 9.24. The quantitative estimate of drug-likeness (QED) is 0.845. The van der Waals surface area contributed by atoms with Crippen LogP contribution in [0.1, 0.15) is 20.3 Å². The third-order valence-electron chi connectivity index (χ3n) is 3.39. The Morgan fingerprint density at radius 1 is 1.35 bits per heavy atom. The van der Waals surface area contributed by atoms with Crippen LogP contribution in [0, 0.1) is 0 Å². The number of benzene rings is 1. The van der Waals surface area contributed by atoms with Gasteiger partial charge in [-0.3, -0.25) is 0 Å². The summed E-state index contributed by atoms with van der Waals surface area (Å²) in [6, 6.07) is 4.77. The zero-order chi connectivity index (χ0) is 15.0. The maximum atomic E-state index is 12.7. The Morgan fingerprint density at radius 2 is 2.05 bits per heavy atom. The van der Waals surface area contributed by atoms with Crippen LogP contribution in [0.2, 0.25) is 5.02 Å². The number of anilines is 1. The number of rotatable bonds is 2. The Labute approximate surface area is 129 Å². The van der Waals surface area contributed by atoms with Crippen molar-refractivity contribution < 1.29 is 8.42 Å². The van der Waals surface area contributed by atoms with Crippen molar-refractivity contribution in [3.63, 3.8) is 0 Å². The van der Waals surface area contributed by atoms with Gasteiger partial charge < -0.3 is 5.73 Å². The lowest BCUT2D eigenvalue weighted by Gasteiger charge is -2.23. The molecule has 0 aliphatic carbocycles. The van der Waals surface area contributed by atoms with Gasteiger partial charge in [0, 0.05) is 23.6 Å². The molecule has 0 bridgehead atoms. The summed E-state index contributed by atoms with van der Waals surface area (Å²) in [6.45, 7) is 5.25. The summed E-state index contributed by atoms with van der Waals surface area (Å²) in [4.78, 5) is 0.0337. The number of thioether (sulfide) groups is 1. The molecule has 4 nitrogen and oxygen atoms in total. The van der Waals surface area contributed by atoms with E-state index in [0.717, 1.165) is 12.2 Å². The molecule has 0 radical (unpaired) electrons. The number of halogens is 1. The molecule has 0 amide bonds. The number of hydrogen-bond donors (Lipinski definition) is 1. The summed E-state index contributed by atoms with van der Waals surface area (Å²) in [5.41, 5.74) is 6.01. The first-order valence-corrected chi connectivity index (χ1v) is 9.22. The van der Waals surface area contributed by atoms with E-state index in [1.54, 1.807) is 30.0 Å². The lowest BCUT2D eigenvalue weighted by molar-refractivity contribution is 0.415. The summed E-state index contributed by atoms with van der Waals surface area (Å²) in [6.07, 6.45) is 0.807. The Kier molecular flexibility index (Phi) is 4.59. The first kappa shape index (κ1) is 15.9. The topological polar surface area (TPSA) is 63.4 Å². The van der Waals surface area contributed by atoms with Crippen molar-refractivity contribution in [3.05, 3.63) is 23.2 Å². The van der Waals surface area contributed by atoms with Crippen molar-refractivity contribution in [1.82, 2.24) is 4.31 Å². The minimum Gasteiger partial charge on any atom is -0.398 e. The van der Waals surface area contributed by atoms with Crippen LogP contribution in [0.5, 0.6) is 0 Å². The van der Waals surface area contributed by atoms with Gasteiger partial charge >= 0.3 is 0 Å². The van der Waals surface area contributed by atoms with Crippen molar-refractivity contribution in [3.8, 4) is 0 Å². The molecule has 2 N–H and O–H groups in total. The van der Waals surface area contributed by atoms with Crippen LogP contribution in [0.3, 0.4) is 0 Å². The Hall–Kier alpha value is -0.430. The number of nitrogens with two attached hydrogens (primary N) is 1. The lowest BCUT2D eigenvalue weighted by atomic mass is 10.1. The number of nitrogens with zero attached hydrogens (tertiary/aromatic N) is 1. The molecule has 1 saturated heterocycles. The van der Waals surface area contributed by atoms with Gasteiger partial charge in [-0.15, -0.1) is 0 Å². The fraction of sp³-hybridized carbons (Fsp3) is 0.538. The minimum absolute atomic E-state index is 0.0337. The molecule has 2 rings (SSSR count). The van der Waals surface area contributed by atoms with E-state index in [0.29, 0.717) is 13.1 Å². The van der Waals surface area contributed by atoms with Crippen molar-refractivity contribution >= 4 is 39.1 Å². The molecule has 1 heterocycles. The molecule has 0 unspecified atom stereocenters. The highest BCUT2D eigenvalue weighted by molar-refractivity contribution is 8.00. The van der Waals surface area contributed by atoms with E-state index in [9.17, 15) is 8.42 Å². The zero-order valence-corrected chi connectivity index (χ0v) is 14.0. The summed E-state index contributed by atoms with van der Waals surface area (Å²) in [7, 11) is -3.63. The largest absolute Gasteiger partial charge is 0.398 e.